The first-order valence-corrected chi connectivity index (χ1v) is 4.32. The van der Waals surface area contributed by atoms with Crippen molar-refractivity contribution < 1.29 is 9.84 Å². The highest BCUT2D eigenvalue weighted by Crippen LogP contribution is 2.27. The number of rotatable bonds is 2. The van der Waals surface area contributed by atoms with E-state index in [-0.39, 0.29) is 0 Å². The molecule has 13 heavy (non-hydrogen) atoms. The summed E-state index contributed by atoms with van der Waals surface area (Å²) in [5.41, 5.74) is 0.236. The van der Waals surface area contributed by atoms with Gasteiger partial charge in [0.2, 0.25) is 0 Å². The molecule has 1 saturated heterocycles. The van der Waals surface area contributed by atoms with Crippen LogP contribution in [0.25, 0.3) is 0 Å². The van der Waals surface area contributed by atoms with E-state index in [0.717, 1.165) is 11.3 Å². The molecule has 0 radical (unpaired) electrons. The summed E-state index contributed by atoms with van der Waals surface area (Å²) in [5.74, 6) is 0.790. The summed E-state index contributed by atoms with van der Waals surface area (Å²) in [6.45, 7) is 1.25. The molecule has 1 aromatic carbocycles. The predicted octanol–water partition coefficient (Wildman–Crippen LogP) is 0.486. The van der Waals surface area contributed by atoms with Crippen molar-refractivity contribution in [1.29, 1.82) is 0 Å². The first-order chi connectivity index (χ1) is 6.24. The van der Waals surface area contributed by atoms with Gasteiger partial charge in [-0.1, -0.05) is 12.1 Å². The molecule has 1 fully saturated rings. The summed E-state index contributed by atoms with van der Waals surface area (Å²) >= 11 is 0. The van der Waals surface area contributed by atoms with E-state index in [1.54, 1.807) is 7.11 Å². The second-order valence-corrected chi connectivity index (χ2v) is 3.37. The summed E-state index contributed by atoms with van der Waals surface area (Å²) in [5, 5.41) is 13.0. The number of β-amino-alcohol motifs (C(OH)–C–C–N with tert-alkyl or cyclic N) is 1. The second kappa shape index (κ2) is 3.01. The number of methoxy groups -OCH3 is 1. The number of benzene rings is 1. The van der Waals surface area contributed by atoms with Gasteiger partial charge in [-0.05, 0) is 17.7 Å². The third-order valence-corrected chi connectivity index (χ3v) is 2.44. The lowest BCUT2D eigenvalue weighted by atomic mass is 9.88. The van der Waals surface area contributed by atoms with E-state index in [1.165, 1.54) is 0 Å². The van der Waals surface area contributed by atoms with Crippen LogP contribution in [0, 0.1) is 0 Å². The zero-order valence-corrected chi connectivity index (χ0v) is 7.58. The number of aliphatic hydroxyl groups is 1. The Bertz CT molecular complexity index is 308. The minimum Gasteiger partial charge on any atom is -0.497 e. The van der Waals surface area contributed by atoms with E-state index in [9.17, 15) is 5.11 Å². The van der Waals surface area contributed by atoms with Gasteiger partial charge in [-0.2, -0.15) is 0 Å². The summed E-state index contributed by atoms with van der Waals surface area (Å²) in [4.78, 5) is 0. The maximum absolute atomic E-state index is 9.98. The van der Waals surface area contributed by atoms with E-state index < -0.39 is 5.60 Å². The van der Waals surface area contributed by atoms with Crippen LogP contribution in [0.2, 0.25) is 0 Å². The zero-order valence-electron chi connectivity index (χ0n) is 7.58. The van der Waals surface area contributed by atoms with Gasteiger partial charge in [0, 0.05) is 13.1 Å². The van der Waals surface area contributed by atoms with E-state index in [2.05, 4.69) is 5.32 Å². The second-order valence-electron chi connectivity index (χ2n) is 3.37. The molecule has 0 aliphatic carbocycles. The van der Waals surface area contributed by atoms with Crippen molar-refractivity contribution in [3.05, 3.63) is 29.8 Å². The molecule has 0 spiro atoms. The average molecular weight is 179 g/mol. The Kier molecular flexibility index (Phi) is 1.98. The molecule has 0 unspecified atom stereocenters. The fourth-order valence-corrected chi connectivity index (χ4v) is 1.48. The molecule has 0 bridgehead atoms. The van der Waals surface area contributed by atoms with E-state index in [4.69, 9.17) is 4.74 Å². The normalized spacial score (nSPS) is 19.2. The molecular weight excluding hydrogens is 166 g/mol. The monoisotopic (exact) mass is 179 g/mol. The standard InChI is InChI=1S/C10H13NO2/c1-13-9-4-2-3-8(5-9)10(12)6-11-7-10/h2-5,11-12H,6-7H2,1H3. The molecule has 1 heterocycles. The lowest BCUT2D eigenvalue weighted by Gasteiger charge is -2.38. The molecule has 1 aromatic rings. The predicted molar refractivity (Wildman–Crippen MR) is 49.8 cm³/mol. The van der Waals surface area contributed by atoms with Gasteiger partial charge in [-0.3, -0.25) is 0 Å². The largest absolute Gasteiger partial charge is 0.497 e. The fourth-order valence-electron chi connectivity index (χ4n) is 1.48. The summed E-state index contributed by atoms with van der Waals surface area (Å²) in [6, 6.07) is 7.56. The van der Waals surface area contributed by atoms with Crippen molar-refractivity contribution >= 4 is 0 Å². The van der Waals surface area contributed by atoms with Crippen molar-refractivity contribution in [1.82, 2.24) is 5.32 Å². The van der Waals surface area contributed by atoms with E-state index in [0.29, 0.717) is 13.1 Å². The molecule has 2 rings (SSSR count). The minimum absolute atomic E-state index is 0.625. The average Bonchev–Trinajstić information content (AvgIpc) is 2.14. The Morgan fingerprint density at radius 1 is 1.46 bits per heavy atom. The van der Waals surface area contributed by atoms with Gasteiger partial charge in [-0.25, -0.2) is 0 Å². The summed E-state index contributed by atoms with van der Waals surface area (Å²) < 4.78 is 5.09. The topological polar surface area (TPSA) is 41.5 Å². The first-order valence-electron chi connectivity index (χ1n) is 4.32. The quantitative estimate of drug-likeness (QED) is 0.694. The van der Waals surface area contributed by atoms with Crippen LogP contribution >= 0.6 is 0 Å². The zero-order chi connectivity index (χ0) is 9.31. The van der Waals surface area contributed by atoms with Gasteiger partial charge < -0.3 is 15.2 Å². The Labute approximate surface area is 77.3 Å². The van der Waals surface area contributed by atoms with Crippen LogP contribution in [0.1, 0.15) is 5.56 Å². The van der Waals surface area contributed by atoms with Gasteiger partial charge in [-0.15, -0.1) is 0 Å². The highest BCUT2D eigenvalue weighted by molar-refractivity contribution is 5.34. The van der Waals surface area contributed by atoms with Gasteiger partial charge >= 0.3 is 0 Å². The van der Waals surface area contributed by atoms with Crippen molar-refractivity contribution in [3.8, 4) is 5.75 Å². The molecule has 3 nitrogen and oxygen atoms in total. The van der Waals surface area contributed by atoms with Crippen LogP contribution in [0.15, 0.2) is 24.3 Å². The number of hydrogen-bond acceptors (Lipinski definition) is 3. The summed E-state index contributed by atoms with van der Waals surface area (Å²) in [7, 11) is 1.63. The number of hydrogen-bond donors (Lipinski definition) is 2. The van der Waals surface area contributed by atoms with Crippen LogP contribution in [-0.4, -0.2) is 25.3 Å². The van der Waals surface area contributed by atoms with Gasteiger partial charge in [0.05, 0.1) is 7.11 Å². The third kappa shape index (κ3) is 1.41. The molecule has 0 atom stereocenters. The van der Waals surface area contributed by atoms with Gasteiger partial charge in [0.25, 0.3) is 0 Å². The third-order valence-electron chi connectivity index (χ3n) is 2.44. The molecule has 0 saturated carbocycles. The molecular formula is C10H13NO2. The molecule has 0 aromatic heterocycles. The van der Waals surface area contributed by atoms with Crippen LogP contribution in [0.5, 0.6) is 5.75 Å². The summed E-state index contributed by atoms with van der Waals surface area (Å²) in [6.07, 6.45) is 0. The van der Waals surface area contributed by atoms with Crippen molar-refractivity contribution in [2.24, 2.45) is 0 Å². The van der Waals surface area contributed by atoms with Gasteiger partial charge in [0.1, 0.15) is 11.4 Å². The van der Waals surface area contributed by atoms with E-state index in [1.807, 2.05) is 24.3 Å². The first kappa shape index (κ1) is 8.53. The molecule has 2 N–H and O–H groups in total. The molecule has 0 amide bonds. The molecule has 1 aliphatic heterocycles. The maximum Gasteiger partial charge on any atom is 0.119 e. The molecule has 3 heteroatoms. The lowest BCUT2D eigenvalue weighted by molar-refractivity contribution is -0.0148. The SMILES string of the molecule is COc1cccc(C2(O)CNC2)c1. The van der Waals surface area contributed by atoms with Crippen LogP contribution in [0.3, 0.4) is 0 Å². The highest BCUT2D eigenvalue weighted by atomic mass is 16.5. The van der Waals surface area contributed by atoms with Crippen molar-refractivity contribution in [3.63, 3.8) is 0 Å². The maximum atomic E-state index is 9.98. The smallest absolute Gasteiger partial charge is 0.119 e. The Morgan fingerprint density at radius 3 is 2.77 bits per heavy atom. The van der Waals surface area contributed by atoms with Crippen LogP contribution in [-0.2, 0) is 5.60 Å². The van der Waals surface area contributed by atoms with E-state index >= 15 is 0 Å². The number of nitrogens with one attached hydrogen (secondary N) is 1. The highest BCUT2D eigenvalue weighted by Gasteiger charge is 2.36. The molecule has 70 valence electrons. The Hall–Kier alpha value is -1.06. The fraction of sp³-hybridized carbons (Fsp3) is 0.400. The van der Waals surface area contributed by atoms with Gasteiger partial charge in [0.15, 0.2) is 0 Å². The Morgan fingerprint density at radius 2 is 2.23 bits per heavy atom. The van der Waals surface area contributed by atoms with Crippen molar-refractivity contribution in [2.45, 2.75) is 5.60 Å². The lowest BCUT2D eigenvalue weighted by Crippen LogP contribution is -2.56. The molecule has 1 aliphatic rings. The minimum atomic E-state index is -0.686. The number of ether oxygens (including phenoxy) is 1. The Balaban J connectivity index is 2.29. The van der Waals surface area contributed by atoms with Crippen LogP contribution in [0.4, 0.5) is 0 Å². The van der Waals surface area contributed by atoms with Crippen LogP contribution < -0.4 is 10.1 Å². The van der Waals surface area contributed by atoms with Crippen molar-refractivity contribution in [2.75, 3.05) is 20.2 Å².